The van der Waals surface area contributed by atoms with Gasteiger partial charge < -0.3 is 4.43 Å². The Hall–Kier alpha value is -0.456. The molecule has 0 aliphatic carbocycles. The van der Waals surface area contributed by atoms with Crippen molar-refractivity contribution in [1.82, 2.24) is 0 Å². The topological polar surface area (TPSA) is 13.1 Å². The molecule has 2 nitrogen and oxygen atoms in total. The average molecular weight is 283 g/mol. The molecule has 0 saturated heterocycles. The lowest BCUT2D eigenvalue weighted by atomic mass is 10.5. The molecule has 102 valence electrons. The number of hydrogen-bond donors (Lipinski definition) is 0. The molecule has 0 radical (unpaired) electrons. The Bertz CT molecular complexity index is 352. The Kier molecular flexibility index (Phi) is 5.75. The van der Waals surface area contributed by atoms with Crippen LogP contribution in [0.25, 0.3) is 0 Å². The van der Waals surface area contributed by atoms with Crippen molar-refractivity contribution < 1.29 is 8.99 Å². The second kappa shape index (κ2) is 6.64. The van der Waals surface area contributed by atoms with Crippen LogP contribution in [0.4, 0.5) is 0 Å². The summed E-state index contributed by atoms with van der Waals surface area (Å²) in [5.74, 6) is 0. The van der Waals surface area contributed by atoms with Gasteiger partial charge in [-0.15, -0.1) is 0 Å². The van der Waals surface area contributed by atoms with Crippen LogP contribution in [0.15, 0.2) is 30.6 Å². The largest absolute Gasteiger partial charge is 0.420 e. The molecule has 0 aliphatic heterocycles. The van der Waals surface area contributed by atoms with Crippen molar-refractivity contribution >= 4 is 16.4 Å². The average Bonchev–Trinajstić information content (AvgIpc) is 2.36. The van der Waals surface area contributed by atoms with E-state index >= 15 is 0 Å². The molecule has 0 atom stereocenters. The fourth-order valence-corrected chi connectivity index (χ4v) is 8.31. The van der Waals surface area contributed by atoms with Gasteiger partial charge in [-0.2, -0.15) is 0 Å². The maximum atomic E-state index is 5.65. The van der Waals surface area contributed by atoms with Crippen molar-refractivity contribution in [3.63, 3.8) is 0 Å². The minimum atomic E-state index is -1.37. The number of aryl methyl sites for hydroxylation is 1. The van der Waals surface area contributed by atoms with Gasteiger partial charge in [0.15, 0.2) is 20.7 Å². The van der Waals surface area contributed by atoms with Crippen molar-refractivity contribution in [3.8, 4) is 0 Å². The Labute approximate surface area is 114 Å². The van der Waals surface area contributed by atoms with Gasteiger partial charge in [0.05, 0.1) is 8.07 Å². The van der Waals surface area contributed by atoms with Gasteiger partial charge >= 0.3 is 0 Å². The molecule has 4 heteroatoms. The van der Waals surface area contributed by atoms with E-state index in [1.807, 2.05) is 7.11 Å². The standard InChI is InChI=1S/C14H28NOSi2/c1-16-18(4,5)14-13-17(2,3)12-11-15-9-7-6-8-10-15/h6-10H,11-14H2,1-5H3/q+1. The lowest BCUT2D eigenvalue weighted by molar-refractivity contribution is -0.693. The second-order valence-electron chi connectivity index (χ2n) is 6.49. The monoisotopic (exact) mass is 282 g/mol. The van der Waals surface area contributed by atoms with Crippen molar-refractivity contribution in [3.05, 3.63) is 30.6 Å². The zero-order valence-electron chi connectivity index (χ0n) is 12.6. The van der Waals surface area contributed by atoms with Gasteiger partial charge in [-0.25, -0.2) is 4.57 Å². The number of rotatable bonds is 7. The molecule has 0 N–H and O–H groups in total. The van der Waals surface area contributed by atoms with E-state index < -0.39 is 16.4 Å². The SMILES string of the molecule is CO[Si](C)(C)CC[Si](C)(C)CC[n+]1ccccc1. The normalized spacial score (nSPS) is 12.7. The van der Waals surface area contributed by atoms with Crippen LogP contribution in [0.5, 0.6) is 0 Å². The molecule has 18 heavy (non-hydrogen) atoms. The summed E-state index contributed by atoms with van der Waals surface area (Å²) >= 11 is 0. The fourth-order valence-electron chi connectivity index (χ4n) is 1.88. The first-order valence-electron chi connectivity index (χ1n) is 6.84. The lowest BCUT2D eigenvalue weighted by Crippen LogP contribution is -2.39. The molecule has 1 heterocycles. The van der Waals surface area contributed by atoms with Gasteiger partial charge in [0.2, 0.25) is 0 Å². The molecule has 0 amide bonds. The van der Waals surface area contributed by atoms with Gasteiger partial charge in [-0.1, -0.05) is 25.2 Å². The van der Waals surface area contributed by atoms with Crippen LogP contribution in [-0.4, -0.2) is 23.5 Å². The first-order chi connectivity index (χ1) is 8.35. The van der Waals surface area contributed by atoms with Crippen molar-refractivity contribution in [1.29, 1.82) is 0 Å². The van der Waals surface area contributed by atoms with E-state index in [-0.39, 0.29) is 0 Å². The van der Waals surface area contributed by atoms with E-state index in [9.17, 15) is 0 Å². The van der Waals surface area contributed by atoms with Crippen molar-refractivity contribution in [2.75, 3.05) is 7.11 Å². The zero-order valence-corrected chi connectivity index (χ0v) is 14.6. The van der Waals surface area contributed by atoms with Crippen molar-refractivity contribution in [2.24, 2.45) is 0 Å². The van der Waals surface area contributed by atoms with Gasteiger partial charge in [-0.05, 0) is 19.1 Å². The molecule has 0 aromatic carbocycles. The van der Waals surface area contributed by atoms with E-state index in [2.05, 4.69) is 61.3 Å². The summed E-state index contributed by atoms with van der Waals surface area (Å²) in [6.45, 7) is 10.8. The molecule has 0 unspecified atom stereocenters. The Balaban J connectivity index is 2.40. The van der Waals surface area contributed by atoms with Crippen LogP contribution in [0.1, 0.15) is 0 Å². The Morgan fingerprint density at radius 2 is 1.50 bits per heavy atom. The van der Waals surface area contributed by atoms with Gasteiger partial charge in [0.25, 0.3) is 0 Å². The Morgan fingerprint density at radius 3 is 2.06 bits per heavy atom. The molecule has 0 aliphatic rings. The molecule has 1 aromatic rings. The molecule has 0 saturated carbocycles. The summed E-state index contributed by atoms with van der Waals surface area (Å²) in [6, 6.07) is 10.3. The predicted octanol–water partition coefficient (Wildman–Crippen LogP) is 3.53. The first kappa shape index (κ1) is 15.6. The highest BCUT2D eigenvalue weighted by molar-refractivity contribution is 6.80. The molecular weight excluding hydrogens is 254 g/mol. The highest BCUT2D eigenvalue weighted by Gasteiger charge is 2.28. The summed E-state index contributed by atoms with van der Waals surface area (Å²) in [5, 5.41) is 0. The van der Waals surface area contributed by atoms with Gasteiger partial charge in [0, 0.05) is 25.3 Å². The molecular formula is C14H28NOSi2+. The number of pyridine rings is 1. The minimum Gasteiger partial charge on any atom is -0.420 e. The van der Waals surface area contributed by atoms with Crippen LogP contribution in [0.3, 0.4) is 0 Å². The summed E-state index contributed by atoms with van der Waals surface area (Å²) in [7, 11) is -0.570. The summed E-state index contributed by atoms with van der Waals surface area (Å²) in [4.78, 5) is 0. The molecule has 0 fully saturated rings. The number of hydrogen-bond acceptors (Lipinski definition) is 1. The number of nitrogens with zero attached hydrogens (tertiary/aromatic N) is 1. The smallest absolute Gasteiger partial charge is 0.185 e. The van der Waals surface area contributed by atoms with Crippen LogP contribution >= 0.6 is 0 Å². The maximum Gasteiger partial charge on any atom is 0.185 e. The third kappa shape index (κ3) is 5.93. The van der Waals surface area contributed by atoms with Crippen molar-refractivity contribution in [2.45, 2.75) is 50.9 Å². The first-order valence-corrected chi connectivity index (χ1v) is 13.4. The van der Waals surface area contributed by atoms with E-state index in [1.165, 1.54) is 18.1 Å². The number of aromatic nitrogens is 1. The zero-order chi connectivity index (χ0) is 13.6. The van der Waals surface area contributed by atoms with E-state index in [0.717, 1.165) is 6.54 Å². The van der Waals surface area contributed by atoms with E-state index in [1.54, 1.807) is 0 Å². The minimum absolute atomic E-state index is 1.08. The third-order valence-electron chi connectivity index (χ3n) is 3.78. The third-order valence-corrected chi connectivity index (χ3v) is 10.0. The second-order valence-corrected chi connectivity index (χ2v) is 16.2. The summed E-state index contributed by atoms with van der Waals surface area (Å²) < 4.78 is 7.95. The molecule has 1 aromatic heterocycles. The predicted molar refractivity (Wildman–Crippen MR) is 83.0 cm³/mol. The van der Waals surface area contributed by atoms with E-state index in [0.29, 0.717) is 0 Å². The molecule has 0 spiro atoms. The molecule has 1 rings (SSSR count). The van der Waals surface area contributed by atoms with Crippen LogP contribution in [0, 0.1) is 0 Å². The van der Waals surface area contributed by atoms with Crippen LogP contribution in [0.2, 0.25) is 44.3 Å². The van der Waals surface area contributed by atoms with Crippen LogP contribution in [-0.2, 0) is 11.0 Å². The summed E-state index contributed by atoms with van der Waals surface area (Å²) in [6.07, 6.45) is 4.33. The Morgan fingerprint density at radius 1 is 0.889 bits per heavy atom. The fraction of sp³-hybridized carbons (Fsp3) is 0.643. The quantitative estimate of drug-likeness (QED) is 0.551. The highest BCUT2D eigenvalue weighted by atomic mass is 28.4. The van der Waals surface area contributed by atoms with Gasteiger partial charge in [0.1, 0.15) is 6.54 Å². The maximum absolute atomic E-state index is 5.65. The van der Waals surface area contributed by atoms with Crippen LogP contribution < -0.4 is 4.57 Å². The van der Waals surface area contributed by atoms with E-state index in [4.69, 9.17) is 4.43 Å². The lowest BCUT2D eigenvalue weighted by Gasteiger charge is -2.26. The highest BCUT2D eigenvalue weighted by Crippen LogP contribution is 2.23. The van der Waals surface area contributed by atoms with Gasteiger partial charge in [-0.3, -0.25) is 0 Å². The summed E-state index contributed by atoms with van der Waals surface area (Å²) in [5.41, 5.74) is 0. The molecule has 0 bridgehead atoms.